The van der Waals surface area contributed by atoms with Gasteiger partial charge in [-0.25, -0.2) is 14.2 Å². The number of carboxylic acids is 1. The van der Waals surface area contributed by atoms with Crippen molar-refractivity contribution in [2.45, 2.75) is 88.9 Å². The third-order valence-electron chi connectivity index (χ3n) is 15.1. The summed E-state index contributed by atoms with van der Waals surface area (Å²) in [4.78, 5) is 149. The quantitative estimate of drug-likeness (QED) is 0.0207. The largest absolute Gasteiger partial charge is 0.480 e. The third-order valence-corrected chi connectivity index (χ3v) is 15.1. The van der Waals surface area contributed by atoms with E-state index in [0.29, 0.717) is 62.3 Å². The molecule has 1 aliphatic carbocycles. The molecule has 5 atom stereocenters. The molecule has 0 spiro atoms. The molecule has 0 unspecified atom stereocenters. The van der Waals surface area contributed by atoms with Crippen LogP contribution in [0.1, 0.15) is 70.3 Å². The van der Waals surface area contributed by atoms with E-state index in [1.54, 1.807) is 80.6 Å². The molecule has 4 aliphatic rings. The Labute approximate surface area is 477 Å². The van der Waals surface area contributed by atoms with E-state index < -0.39 is 140 Å². The number of carboxylic acid groups (broad SMARTS) is 1. The van der Waals surface area contributed by atoms with Crippen LogP contribution in [-0.4, -0.2) is 142 Å². The predicted octanol–water partition coefficient (Wildman–Crippen LogP) is -0.624. The Hall–Kier alpha value is -9.53. The number of hydrogen-bond donors (Lipinski definition) is 9. The summed E-state index contributed by atoms with van der Waals surface area (Å²) in [7, 11) is 0. The highest BCUT2D eigenvalue weighted by Gasteiger charge is 2.46. The fourth-order valence-corrected chi connectivity index (χ4v) is 10.8. The lowest BCUT2D eigenvalue weighted by Gasteiger charge is -2.31. The number of aliphatic carboxylic acids is 1. The summed E-state index contributed by atoms with van der Waals surface area (Å²) in [5.74, 6) is -9.06. The highest BCUT2D eigenvalue weighted by atomic mass is 19.1. The van der Waals surface area contributed by atoms with Gasteiger partial charge in [0, 0.05) is 54.1 Å². The SMILES string of the molecule is CC[C@@]1(O)C(=O)OCc2c1cc1n(c2=O)Cc2c-1nc1cc(F)c(C)c3c1c2[C@@H](NC(=O)[C@@H](Cc1ccccc1)OCNC(=O)CNC(=O)[C@H](Cc1ccccc1)NC(=O)CNC(=O)CNC(=O)[C@@H](CNCC(=O)O)N1C(=O)C=CC1=O)CC3. The molecule has 3 aromatic carbocycles. The molecule has 0 saturated heterocycles. The van der Waals surface area contributed by atoms with Gasteiger partial charge in [-0.1, -0.05) is 67.6 Å². The third kappa shape index (κ3) is 12.6. The number of pyridine rings is 2. The fourth-order valence-electron chi connectivity index (χ4n) is 10.8. The smallest absolute Gasteiger partial charge is 0.343 e. The van der Waals surface area contributed by atoms with Crippen LogP contribution in [-0.2, 0) is 95.4 Å². The molecular formula is C58H59FN10O15. The Kier molecular flexibility index (Phi) is 17.8. The topological polar surface area (TPSA) is 352 Å². The van der Waals surface area contributed by atoms with Gasteiger partial charge >= 0.3 is 11.9 Å². The molecule has 84 heavy (non-hydrogen) atoms. The van der Waals surface area contributed by atoms with Crippen LogP contribution in [0.2, 0.25) is 0 Å². The Morgan fingerprint density at radius 2 is 1.44 bits per heavy atom. The van der Waals surface area contributed by atoms with Gasteiger partial charge in [0.05, 0.1) is 61.2 Å². The number of cyclic esters (lactones) is 1. The minimum absolute atomic E-state index is 0.0125. The van der Waals surface area contributed by atoms with Gasteiger partial charge in [-0.15, -0.1) is 0 Å². The molecular weight excluding hydrogens is 1100 g/mol. The van der Waals surface area contributed by atoms with E-state index in [1.807, 2.05) is 0 Å². The molecule has 5 heterocycles. The number of aryl methyl sites for hydroxylation is 1. The Balaban J connectivity index is 0.838. The summed E-state index contributed by atoms with van der Waals surface area (Å²) in [5.41, 5.74) is 2.22. The van der Waals surface area contributed by atoms with Crippen LogP contribution in [0.15, 0.2) is 89.7 Å². The molecule has 3 aliphatic heterocycles. The van der Waals surface area contributed by atoms with Crippen LogP contribution in [0.5, 0.6) is 0 Å². The number of nitrogens with zero attached hydrogens (tertiary/aromatic N) is 3. The molecule has 25 nitrogen and oxygen atoms in total. The van der Waals surface area contributed by atoms with Crippen molar-refractivity contribution in [1.82, 2.24) is 51.7 Å². The molecule has 26 heteroatoms. The molecule has 0 fully saturated rings. The lowest BCUT2D eigenvalue weighted by Crippen LogP contribution is -2.56. The number of amides is 8. The van der Waals surface area contributed by atoms with E-state index in [0.717, 1.165) is 17.7 Å². The first kappa shape index (κ1) is 59.1. The first-order chi connectivity index (χ1) is 40.3. The van der Waals surface area contributed by atoms with Crippen LogP contribution in [0.3, 0.4) is 0 Å². The van der Waals surface area contributed by atoms with Gasteiger partial charge in [0.2, 0.25) is 35.4 Å². The van der Waals surface area contributed by atoms with E-state index >= 15 is 4.39 Å². The number of aromatic nitrogens is 2. The maximum atomic E-state index is 15.6. The van der Waals surface area contributed by atoms with Gasteiger partial charge < -0.3 is 61.5 Å². The van der Waals surface area contributed by atoms with Gasteiger partial charge in [0.1, 0.15) is 37.3 Å². The van der Waals surface area contributed by atoms with Gasteiger partial charge in [0.25, 0.3) is 17.4 Å². The molecule has 5 aromatic rings. The number of ether oxygens (including phenoxy) is 2. The molecule has 9 N–H and O–H groups in total. The van der Waals surface area contributed by atoms with E-state index in [4.69, 9.17) is 19.6 Å². The highest BCUT2D eigenvalue weighted by Crippen LogP contribution is 2.46. The number of halogens is 1. The van der Waals surface area contributed by atoms with Gasteiger partial charge in [-0.2, -0.15) is 0 Å². The second-order valence-corrected chi connectivity index (χ2v) is 20.4. The van der Waals surface area contributed by atoms with E-state index in [2.05, 4.69) is 37.2 Å². The summed E-state index contributed by atoms with van der Waals surface area (Å²) in [6.45, 7) is -0.611. The molecule has 0 bridgehead atoms. The van der Waals surface area contributed by atoms with Crippen molar-refractivity contribution in [2.75, 3.05) is 39.5 Å². The number of rotatable bonds is 24. The fraction of sp³-hybridized carbons (Fsp3) is 0.345. The molecule has 0 radical (unpaired) electrons. The van der Waals surface area contributed by atoms with Crippen LogP contribution >= 0.6 is 0 Å². The number of hydrogen-bond acceptors (Lipinski definition) is 16. The second kappa shape index (κ2) is 25.3. The molecule has 8 amide bonds. The maximum absolute atomic E-state index is 15.6. The number of carbonyl (C=O) groups excluding carboxylic acids is 9. The molecule has 9 rings (SSSR count). The zero-order chi connectivity index (χ0) is 60.0. The Morgan fingerprint density at radius 1 is 0.798 bits per heavy atom. The maximum Gasteiger partial charge on any atom is 0.343 e. The monoisotopic (exact) mass is 1150 g/mol. The summed E-state index contributed by atoms with van der Waals surface area (Å²) in [6, 6.07) is 16.9. The second-order valence-electron chi connectivity index (χ2n) is 20.4. The normalized spacial score (nSPS) is 17.5. The van der Waals surface area contributed by atoms with E-state index in [1.165, 1.54) is 10.6 Å². The summed E-state index contributed by atoms with van der Waals surface area (Å²) in [6.07, 6.45) is 1.25. The zero-order valence-corrected chi connectivity index (χ0v) is 45.5. The number of fused-ring (bicyclic) bond motifs is 5. The standard InChI is InChI=1S/C58H59FN10O15/c1-3-58(82)36-20-41-52-34(27-68(41)56(80)35(36)28-83-57(58)81)51-38(15-14-33-30(2)37(59)21-39(66-52)50(33)51)67-55(79)43(19-32-12-8-5-9-13-32)84-29-64-45(71)24-62-53(77)40(18-31-10-6-4-7-11-31)65-46(72)25-61-44(70)23-63-54(78)42(22-60-26-49(75)76)69-47(73)16-17-48(69)74/h4-13,16-17,20-21,38,40,42-43,60,82H,3,14-15,18-19,22-29H2,1-2H3,(H,61,70)(H,62,77)(H,63,78)(H,64,71)(H,65,72)(H,67,79)(H,75,76)/t38-,40-,42+,43+,58-/m0/s1. The summed E-state index contributed by atoms with van der Waals surface area (Å²) < 4.78 is 28.4. The van der Waals surface area contributed by atoms with Crippen molar-refractivity contribution in [1.29, 1.82) is 0 Å². The average Bonchev–Trinajstić information content (AvgIpc) is 2.61. The number of imide groups is 1. The zero-order valence-electron chi connectivity index (χ0n) is 45.5. The summed E-state index contributed by atoms with van der Waals surface area (Å²) >= 11 is 0. The van der Waals surface area contributed by atoms with Crippen molar-refractivity contribution in [3.63, 3.8) is 0 Å². The van der Waals surface area contributed by atoms with Crippen LogP contribution in [0.25, 0.3) is 22.3 Å². The number of carbonyl (C=O) groups is 10. The Morgan fingerprint density at radius 3 is 2.11 bits per heavy atom. The van der Waals surface area contributed by atoms with Crippen molar-refractivity contribution in [3.8, 4) is 11.4 Å². The Bertz CT molecular complexity index is 3600. The predicted molar refractivity (Wildman–Crippen MR) is 293 cm³/mol. The number of nitrogens with one attached hydrogen (secondary N) is 7. The van der Waals surface area contributed by atoms with E-state index in [9.17, 15) is 57.8 Å². The average molecular weight is 1160 g/mol. The highest BCUT2D eigenvalue weighted by molar-refractivity contribution is 6.15. The van der Waals surface area contributed by atoms with E-state index in [-0.39, 0.29) is 49.1 Å². The number of esters is 1. The summed E-state index contributed by atoms with van der Waals surface area (Å²) in [5, 5.41) is 38.8. The number of aliphatic hydroxyl groups is 1. The first-order valence-corrected chi connectivity index (χ1v) is 26.9. The van der Waals surface area contributed by atoms with Crippen LogP contribution < -0.4 is 42.8 Å². The van der Waals surface area contributed by atoms with Crippen molar-refractivity contribution >= 4 is 70.1 Å². The lowest BCUT2D eigenvalue weighted by atomic mass is 9.81. The molecule has 438 valence electrons. The van der Waals surface area contributed by atoms with Crippen LogP contribution in [0, 0.1) is 12.7 Å². The number of benzene rings is 3. The minimum atomic E-state index is -2.09. The van der Waals surface area contributed by atoms with Gasteiger partial charge in [-0.05, 0) is 60.1 Å². The van der Waals surface area contributed by atoms with Gasteiger partial charge in [-0.3, -0.25) is 52.8 Å². The lowest BCUT2D eigenvalue weighted by molar-refractivity contribution is -0.172. The van der Waals surface area contributed by atoms with Crippen molar-refractivity contribution in [2.24, 2.45) is 0 Å². The van der Waals surface area contributed by atoms with Crippen molar-refractivity contribution < 1.29 is 72.0 Å². The minimum Gasteiger partial charge on any atom is -0.480 e. The molecule has 2 aromatic heterocycles. The first-order valence-electron chi connectivity index (χ1n) is 26.9. The van der Waals surface area contributed by atoms with Crippen LogP contribution in [0.4, 0.5) is 4.39 Å². The van der Waals surface area contributed by atoms with Crippen molar-refractivity contribution in [3.05, 3.63) is 146 Å². The van der Waals surface area contributed by atoms with Gasteiger partial charge in [0.15, 0.2) is 5.60 Å². The molecule has 0 saturated carbocycles.